The van der Waals surface area contributed by atoms with Crippen molar-refractivity contribution in [3.05, 3.63) is 45.9 Å². The number of carbonyl (C=O) groups excluding carboxylic acids is 1. The number of hydrogen-bond donors (Lipinski definition) is 3. The van der Waals surface area contributed by atoms with E-state index in [1.54, 1.807) is 10.6 Å². The molecular weight excluding hydrogens is 354 g/mol. The van der Waals surface area contributed by atoms with Gasteiger partial charge in [0.2, 0.25) is 5.95 Å². The number of nitrogens with zero attached hydrogens (tertiary/aromatic N) is 2. The van der Waals surface area contributed by atoms with Gasteiger partial charge in [0.15, 0.2) is 0 Å². The van der Waals surface area contributed by atoms with Crippen LogP contribution in [0.1, 0.15) is 56.7 Å². The van der Waals surface area contributed by atoms with E-state index < -0.39 is 0 Å². The van der Waals surface area contributed by atoms with Crippen molar-refractivity contribution >= 4 is 22.8 Å². The summed E-state index contributed by atoms with van der Waals surface area (Å²) >= 11 is 0. The molecule has 3 heterocycles. The summed E-state index contributed by atoms with van der Waals surface area (Å²) in [5.41, 5.74) is 3.43. The van der Waals surface area contributed by atoms with Crippen molar-refractivity contribution in [1.82, 2.24) is 19.9 Å². The van der Waals surface area contributed by atoms with Crippen LogP contribution in [0.25, 0.3) is 22.2 Å². The van der Waals surface area contributed by atoms with Crippen molar-refractivity contribution in [2.24, 2.45) is 0 Å². The molecule has 1 atom stereocenters. The number of amides is 1. The van der Waals surface area contributed by atoms with Crippen molar-refractivity contribution in [2.75, 3.05) is 5.32 Å². The fraction of sp³-hybridized carbons (Fsp3) is 0.381. The zero-order chi connectivity index (χ0) is 20.2. The van der Waals surface area contributed by atoms with E-state index in [1.807, 2.05) is 52.8 Å². The van der Waals surface area contributed by atoms with Crippen LogP contribution in [0, 0.1) is 0 Å². The molecule has 3 N–H and O–H groups in total. The Morgan fingerprint density at radius 2 is 1.96 bits per heavy atom. The number of rotatable bonds is 3. The molecule has 0 saturated heterocycles. The molecular formula is C21H25N5O2. The maximum atomic E-state index is 13.1. The third-order valence-corrected chi connectivity index (χ3v) is 4.95. The second kappa shape index (κ2) is 6.22. The molecule has 1 amide bonds. The first-order valence-corrected chi connectivity index (χ1v) is 9.55. The fourth-order valence-corrected chi connectivity index (χ4v) is 3.68. The molecule has 7 nitrogen and oxygen atoms in total. The minimum atomic E-state index is -0.236. The Labute approximate surface area is 163 Å². The molecule has 7 heteroatoms. The van der Waals surface area contributed by atoms with E-state index in [0.717, 1.165) is 17.0 Å². The first-order valence-electron chi connectivity index (χ1n) is 9.55. The van der Waals surface area contributed by atoms with Gasteiger partial charge >= 0.3 is 0 Å². The molecule has 0 saturated carbocycles. The van der Waals surface area contributed by atoms with Gasteiger partial charge in [0.1, 0.15) is 0 Å². The first kappa shape index (κ1) is 18.3. The molecule has 2 aromatic heterocycles. The highest BCUT2D eigenvalue weighted by Crippen LogP contribution is 2.32. The number of aromatic amines is 1. The van der Waals surface area contributed by atoms with Crippen LogP contribution >= 0.6 is 0 Å². The summed E-state index contributed by atoms with van der Waals surface area (Å²) in [5, 5.41) is 6.79. The van der Waals surface area contributed by atoms with Crippen molar-refractivity contribution in [1.29, 1.82) is 0 Å². The summed E-state index contributed by atoms with van der Waals surface area (Å²) in [6, 6.07) is 7.36. The van der Waals surface area contributed by atoms with Crippen LogP contribution in [0.4, 0.5) is 5.95 Å². The van der Waals surface area contributed by atoms with Gasteiger partial charge in [-0.3, -0.25) is 14.2 Å². The molecule has 0 radical (unpaired) electrons. The Kier molecular flexibility index (Phi) is 4.06. The molecule has 0 fully saturated rings. The Morgan fingerprint density at radius 3 is 2.61 bits per heavy atom. The van der Waals surface area contributed by atoms with Crippen LogP contribution in [0.5, 0.6) is 0 Å². The Balaban J connectivity index is 1.96. The van der Waals surface area contributed by atoms with Crippen LogP contribution < -0.4 is 16.2 Å². The SMILES string of the molecule is CCn1c(NC(C)(C)C)nc2c(-c3cc4c([nH]3)[C@@H](C)NC4=O)cccc2c1=O. The van der Waals surface area contributed by atoms with Gasteiger partial charge in [-0.1, -0.05) is 12.1 Å². The van der Waals surface area contributed by atoms with E-state index in [9.17, 15) is 9.59 Å². The molecule has 1 aromatic carbocycles. The zero-order valence-corrected chi connectivity index (χ0v) is 16.8. The van der Waals surface area contributed by atoms with Crippen LogP contribution in [0.15, 0.2) is 29.1 Å². The van der Waals surface area contributed by atoms with E-state index in [1.165, 1.54) is 0 Å². The lowest BCUT2D eigenvalue weighted by Crippen LogP contribution is -2.33. The molecule has 0 unspecified atom stereocenters. The Hall–Kier alpha value is -3.09. The van der Waals surface area contributed by atoms with Crippen molar-refractivity contribution in [3.63, 3.8) is 0 Å². The molecule has 1 aliphatic rings. The topological polar surface area (TPSA) is 91.8 Å². The largest absolute Gasteiger partial charge is 0.356 e. The van der Waals surface area contributed by atoms with Gasteiger partial charge in [0.05, 0.1) is 28.2 Å². The maximum Gasteiger partial charge on any atom is 0.262 e. The van der Waals surface area contributed by atoms with Crippen molar-refractivity contribution in [2.45, 2.75) is 52.7 Å². The number of fused-ring (bicyclic) bond motifs is 2. The number of H-pyrrole nitrogens is 1. The standard InChI is InChI=1S/C21H25N5O2/c1-6-26-19(28)13-9-7-8-12(17(13)24-20(26)25-21(3,4)5)15-10-14-16(23-15)11(2)22-18(14)27/h7-11,23H,6H2,1-5H3,(H,22,27)(H,24,25)/t11-/m1/s1. The predicted molar refractivity (Wildman–Crippen MR) is 111 cm³/mol. The Morgan fingerprint density at radius 1 is 1.21 bits per heavy atom. The van der Waals surface area contributed by atoms with E-state index in [-0.39, 0.29) is 23.0 Å². The molecule has 4 rings (SSSR count). The van der Waals surface area contributed by atoms with Crippen LogP contribution in [0.2, 0.25) is 0 Å². The number of hydrogen-bond acceptors (Lipinski definition) is 4. The highest BCUT2D eigenvalue weighted by atomic mass is 16.2. The predicted octanol–water partition coefficient (Wildman–Crippen LogP) is 3.43. The monoisotopic (exact) mass is 379 g/mol. The maximum absolute atomic E-state index is 13.1. The van der Waals surface area contributed by atoms with Gasteiger partial charge in [-0.15, -0.1) is 0 Å². The van der Waals surface area contributed by atoms with Crippen molar-refractivity contribution in [3.8, 4) is 11.3 Å². The molecule has 1 aliphatic heterocycles. The van der Waals surface area contributed by atoms with Gasteiger partial charge < -0.3 is 15.6 Å². The summed E-state index contributed by atoms with van der Waals surface area (Å²) < 4.78 is 1.65. The third kappa shape index (κ3) is 2.87. The highest BCUT2D eigenvalue weighted by Gasteiger charge is 2.28. The van der Waals surface area contributed by atoms with Crippen LogP contribution in [0.3, 0.4) is 0 Å². The average molecular weight is 379 g/mol. The van der Waals surface area contributed by atoms with Crippen LogP contribution in [-0.4, -0.2) is 26.0 Å². The summed E-state index contributed by atoms with van der Waals surface area (Å²) in [5.74, 6) is 0.465. The number of aromatic nitrogens is 3. The number of anilines is 1. The number of nitrogens with one attached hydrogen (secondary N) is 3. The van der Waals surface area contributed by atoms with E-state index in [2.05, 4.69) is 15.6 Å². The van der Waals surface area contributed by atoms with Gasteiger partial charge in [0, 0.05) is 23.3 Å². The third-order valence-electron chi connectivity index (χ3n) is 4.95. The zero-order valence-electron chi connectivity index (χ0n) is 16.8. The van der Waals surface area contributed by atoms with Gasteiger partial charge in [-0.25, -0.2) is 4.98 Å². The lowest BCUT2D eigenvalue weighted by Gasteiger charge is -2.24. The molecule has 0 spiro atoms. The van der Waals surface area contributed by atoms with E-state index in [0.29, 0.717) is 29.0 Å². The summed E-state index contributed by atoms with van der Waals surface area (Å²) in [4.78, 5) is 33.4. The summed E-state index contributed by atoms with van der Waals surface area (Å²) in [6.07, 6.45) is 0. The molecule has 28 heavy (non-hydrogen) atoms. The highest BCUT2D eigenvalue weighted by molar-refractivity contribution is 6.01. The Bertz CT molecular complexity index is 1150. The van der Waals surface area contributed by atoms with Crippen molar-refractivity contribution < 1.29 is 4.79 Å². The first-order chi connectivity index (χ1) is 13.2. The van der Waals surface area contributed by atoms with Gasteiger partial charge in [-0.2, -0.15) is 0 Å². The number of para-hydroxylation sites is 1. The number of carbonyl (C=O) groups is 1. The van der Waals surface area contributed by atoms with E-state index >= 15 is 0 Å². The lowest BCUT2D eigenvalue weighted by molar-refractivity contribution is 0.0958. The van der Waals surface area contributed by atoms with Gasteiger partial charge in [0.25, 0.3) is 11.5 Å². The minimum absolute atomic E-state index is 0.0605. The summed E-state index contributed by atoms with van der Waals surface area (Å²) in [6.45, 7) is 10.5. The quantitative estimate of drug-likeness (QED) is 0.650. The fourth-order valence-electron chi connectivity index (χ4n) is 3.68. The average Bonchev–Trinajstić information content (AvgIpc) is 3.15. The molecule has 3 aromatic rings. The molecule has 0 bridgehead atoms. The minimum Gasteiger partial charge on any atom is -0.356 e. The smallest absolute Gasteiger partial charge is 0.262 e. The van der Waals surface area contributed by atoms with Crippen LogP contribution in [-0.2, 0) is 6.54 Å². The van der Waals surface area contributed by atoms with Gasteiger partial charge in [-0.05, 0) is 46.8 Å². The molecule has 0 aliphatic carbocycles. The number of benzene rings is 1. The second-order valence-electron chi connectivity index (χ2n) is 8.27. The normalized spacial score (nSPS) is 16.3. The lowest BCUT2D eigenvalue weighted by atomic mass is 10.1. The van der Waals surface area contributed by atoms with E-state index in [4.69, 9.17) is 4.98 Å². The molecule has 146 valence electrons. The summed E-state index contributed by atoms with van der Waals surface area (Å²) in [7, 11) is 0. The second-order valence-corrected chi connectivity index (χ2v) is 8.27.